The molecule has 0 bridgehead atoms. The number of fused-ring (bicyclic) bond motifs is 1. The number of nitrogens with zero attached hydrogens (tertiary/aromatic N) is 4. The van der Waals surface area contributed by atoms with Crippen molar-refractivity contribution in [3.63, 3.8) is 0 Å². The molecule has 17 heteroatoms. The fraction of sp³-hybridized carbons (Fsp3) is 0.460. The zero-order chi connectivity index (χ0) is 48.6. The van der Waals surface area contributed by atoms with Gasteiger partial charge in [0.15, 0.2) is 0 Å². The van der Waals surface area contributed by atoms with E-state index < -0.39 is 47.2 Å². The third kappa shape index (κ3) is 12.2. The summed E-state index contributed by atoms with van der Waals surface area (Å²) in [5.74, 6) is -1.13. The van der Waals surface area contributed by atoms with Crippen LogP contribution in [0.25, 0.3) is 0 Å². The van der Waals surface area contributed by atoms with Gasteiger partial charge in [0.1, 0.15) is 23.2 Å². The van der Waals surface area contributed by atoms with Crippen LogP contribution in [-0.4, -0.2) is 88.1 Å². The van der Waals surface area contributed by atoms with E-state index in [0.717, 1.165) is 60.6 Å². The van der Waals surface area contributed by atoms with E-state index in [0.29, 0.717) is 28.5 Å². The summed E-state index contributed by atoms with van der Waals surface area (Å²) in [5.41, 5.74) is 3.68. The van der Waals surface area contributed by atoms with E-state index in [1.807, 2.05) is 26.8 Å². The molecule has 67 heavy (non-hydrogen) atoms. The van der Waals surface area contributed by atoms with E-state index in [9.17, 15) is 37.1 Å². The number of amides is 5. The first-order valence-electron chi connectivity index (χ1n) is 23.1. The second kappa shape index (κ2) is 22.0. The summed E-state index contributed by atoms with van der Waals surface area (Å²) in [6, 6.07) is 14.4. The molecule has 3 aliphatic heterocycles. The number of piperidine rings is 2. The summed E-state index contributed by atoms with van der Waals surface area (Å²) in [5, 5.41) is 10.5. The van der Waals surface area contributed by atoms with Gasteiger partial charge in [0.2, 0.25) is 17.8 Å². The smallest absolute Gasteiger partial charge is 0.421 e. The number of aryl methyl sites for hydroxylation is 2. The first-order chi connectivity index (χ1) is 31.9. The Morgan fingerprint density at radius 2 is 1.64 bits per heavy atom. The lowest BCUT2D eigenvalue weighted by Gasteiger charge is -2.35. The fourth-order valence-corrected chi connectivity index (χ4v) is 8.80. The molecule has 2 atom stereocenters. The molecule has 2 fully saturated rings. The monoisotopic (exact) mass is 926 g/mol. The van der Waals surface area contributed by atoms with E-state index in [4.69, 9.17) is 4.74 Å². The maximum Gasteiger partial charge on any atom is 0.421 e. The lowest BCUT2D eigenvalue weighted by molar-refractivity contribution is -0.138. The van der Waals surface area contributed by atoms with E-state index in [1.54, 1.807) is 30.3 Å². The molecular formula is C50H61F3N8O6. The van der Waals surface area contributed by atoms with E-state index in [2.05, 4.69) is 63.0 Å². The topological polar surface area (TPSA) is 175 Å². The van der Waals surface area contributed by atoms with Crippen LogP contribution in [0.3, 0.4) is 0 Å². The molecule has 4 aromatic rings. The van der Waals surface area contributed by atoms with Crippen molar-refractivity contribution < 1.29 is 41.9 Å². The largest absolute Gasteiger partial charge is 0.489 e. The van der Waals surface area contributed by atoms with Crippen LogP contribution in [0.4, 0.5) is 36.3 Å². The third-order valence-electron chi connectivity index (χ3n) is 12.4. The number of nitrogens with one attached hydrogen (secondary N) is 4. The molecule has 0 saturated carbocycles. The second-order valence-corrected chi connectivity index (χ2v) is 17.7. The normalized spacial score (nSPS) is 17.1. The number of para-hydroxylation sites is 1. The Morgan fingerprint density at radius 1 is 0.925 bits per heavy atom. The molecule has 358 valence electrons. The number of hydrogen-bond donors (Lipinski definition) is 4. The lowest BCUT2D eigenvalue weighted by atomic mass is 9.86. The minimum Gasteiger partial charge on any atom is -0.489 e. The number of halogens is 3. The Labute approximate surface area is 389 Å². The summed E-state index contributed by atoms with van der Waals surface area (Å²) in [6.45, 7) is 15.6. The quantitative estimate of drug-likeness (QED) is 0.0837. The summed E-state index contributed by atoms with van der Waals surface area (Å²) >= 11 is 0. The molecule has 1 aromatic heterocycles. The van der Waals surface area contributed by atoms with Crippen molar-refractivity contribution in [1.29, 1.82) is 0 Å². The van der Waals surface area contributed by atoms with Crippen molar-refractivity contribution in [2.45, 2.75) is 117 Å². The Bertz CT molecular complexity index is 2470. The van der Waals surface area contributed by atoms with Crippen LogP contribution in [0.2, 0.25) is 0 Å². The number of aromatic nitrogens is 2. The minimum atomic E-state index is -4.73. The van der Waals surface area contributed by atoms with Crippen LogP contribution in [-0.2, 0) is 15.8 Å². The molecule has 4 N–H and O–H groups in total. The molecule has 7 rings (SSSR count). The van der Waals surface area contributed by atoms with Crippen LogP contribution < -0.4 is 26.0 Å². The number of likely N-dealkylation sites (tertiary alicyclic amines) is 1. The molecular weight excluding hydrogens is 866 g/mol. The van der Waals surface area contributed by atoms with Gasteiger partial charge in [-0.05, 0) is 126 Å². The average molecular weight is 927 g/mol. The Hall–Kier alpha value is -6.36. The Morgan fingerprint density at radius 3 is 2.30 bits per heavy atom. The molecule has 3 aliphatic rings. The second-order valence-electron chi connectivity index (χ2n) is 17.7. The van der Waals surface area contributed by atoms with Gasteiger partial charge in [-0.1, -0.05) is 56.9 Å². The average Bonchev–Trinajstić information content (AvgIpc) is 3.53. The van der Waals surface area contributed by atoms with Gasteiger partial charge in [-0.2, -0.15) is 18.2 Å². The number of hydrogen-bond acceptors (Lipinski definition) is 11. The van der Waals surface area contributed by atoms with Crippen LogP contribution >= 0.6 is 0 Å². The van der Waals surface area contributed by atoms with Gasteiger partial charge in [-0.25, -0.2) is 4.98 Å². The van der Waals surface area contributed by atoms with E-state index >= 15 is 0 Å². The highest BCUT2D eigenvalue weighted by atomic mass is 19.4. The fourth-order valence-electron chi connectivity index (χ4n) is 8.80. The standard InChI is InChI=1S/C36H49F3N6O2.C14H12N2O4/c1-7-9-12-25(8-2)22-45-17-15-26(16-18-45)28-20-32(47-23(3)4)31(19-24(28)5)43-35-41-21-29(36(37,38)39)33(44-35)42-30-14-11-10-13-27(30)34(46)40-6;1-7-2-3-8-9(6-7)14(20)16(13(8)19)10-4-5-11(17)15-12(10)18/h10-11,13-14,19-21,23,25-26H,7-9,12,15-18,22H2,1-6H3,(H,40,46)(H2,41,42,43,44);2-3,6,10H,4-5H2,1H3,(H,15,17,18). The summed E-state index contributed by atoms with van der Waals surface area (Å²) in [4.78, 5) is 71.8. The van der Waals surface area contributed by atoms with Crippen LogP contribution in [0, 0.1) is 19.8 Å². The van der Waals surface area contributed by atoms with Gasteiger partial charge in [-0.3, -0.25) is 34.2 Å². The van der Waals surface area contributed by atoms with Gasteiger partial charge >= 0.3 is 6.18 Å². The van der Waals surface area contributed by atoms with E-state index in [-0.39, 0.29) is 42.1 Å². The molecule has 3 aromatic carbocycles. The number of rotatable bonds is 15. The number of unbranched alkanes of at least 4 members (excludes halogenated alkanes) is 1. The predicted octanol–water partition coefficient (Wildman–Crippen LogP) is 9.23. The molecule has 2 saturated heterocycles. The Kier molecular flexibility index (Phi) is 16.4. The zero-order valence-electron chi connectivity index (χ0n) is 39.2. The van der Waals surface area contributed by atoms with Crippen molar-refractivity contribution in [2.24, 2.45) is 5.92 Å². The van der Waals surface area contributed by atoms with Gasteiger partial charge in [0, 0.05) is 26.2 Å². The van der Waals surface area contributed by atoms with Crippen molar-refractivity contribution in [2.75, 3.05) is 37.3 Å². The van der Waals surface area contributed by atoms with Gasteiger partial charge < -0.3 is 25.6 Å². The van der Waals surface area contributed by atoms with Crippen molar-refractivity contribution in [1.82, 2.24) is 30.4 Å². The molecule has 14 nitrogen and oxygen atoms in total. The van der Waals surface area contributed by atoms with Crippen LogP contribution in [0.5, 0.6) is 5.75 Å². The maximum absolute atomic E-state index is 14.0. The summed E-state index contributed by atoms with van der Waals surface area (Å²) in [6.07, 6.45) is 3.34. The Balaban J connectivity index is 0.000000305. The SMILES string of the molecule is CCCCC(CC)CN1CCC(c2cc(OC(C)C)c(Nc3ncc(C(F)(F)F)c(Nc4ccccc4C(=O)NC)n3)cc2C)CC1.Cc1ccc2c(c1)C(=O)N(C1CCC(=O)NC1=O)C2=O. The molecule has 2 unspecified atom stereocenters. The molecule has 0 aliphatic carbocycles. The highest BCUT2D eigenvalue weighted by Crippen LogP contribution is 2.40. The molecule has 5 amide bonds. The number of alkyl halides is 3. The van der Waals surface area contributed by atoms with E-state index in [1.165, 1.54) is 50.4 Å². The predicted molar refractivity (Wildman–Crippen MR) is 250 cm³/mol. The van der Waals surface area contributed by atoms with Crippen LogP contribution in [0.1, 0.15) is 138 Å². The number of carbonyl (C=O) groups excluding carboxylic acids is 5. The first kappa shape index (κ1) is 50.1. The molecule has 0 spiro atoms. The number of anilines is 4. The molecule has 0 radical (unpaired) electrons. The van der Waals surface area contributed by atoms with Crippen molar-refractivity contribution in [3.8, 4) is 5.75 Å². The van der Waals surface area contributed by atoms with Gasteiger partial charge in [-0.15, -0.1) is 0 Å². The number of benzene rings is 3. The summed E-state index contributed by atoms with van der Waals surface area (Å²) in [7, 11) is 1.46. The minimum absolute atomic E-state index is 0.0412. The van der Waals surface area contributed by atoms with Crippen molar-refractivity contribution >= 4 is 52.7 Å². The van der Waals surface area contributed by atoms with Crippen molar-refractivity contribution in [3.05, 3.63) is 99.7 Å². The lowest BCUT2D eigenvalue weighted by Crippen LogP contribution is -2.54. The summed E-state index contributed by atoms with van der Waals surface area (Å²) < 4.78 is 48.3. The number of ether oxygens (including phenoxy) is 1. The highest BCUT2D eigenvalue weighted by molar-refractivity contribution is 6.23. The van der Waals surface area contributed by atoms with Crippen LogP contribution in [0.15, 0.2) is 60.8 Å². The zero-order valence-corrected chi connectivity index (χ0v) is 39.2. The molecule has 4 heterocycles. The third-order valence-corrected chi connectivity index (χ3v) is 12.4. The maximum atomic E-state index is 14.0. The highest BCUT2D eigenvalue weighted by Gasteiger charge is 2.44. The number of imide groups is 2. The first-order valence-corrected chi connectivity index (χ1v) is 23.1. The van der Waals surface area contributed by atoms with Gasteiger partial charge in [0.05, 0.1) is 34.2 Å². The van der Waals surface area contributed by atoms with Gasteiger partial charge in [0.25, 0.3) is 17.7 Å². The number of carbonyl (C=O) groups is 5.